The first-order chi connectivity index (χ1) is 12.4. The van der Waals surface area contributed by atoms with Crippen LogP contribution in [0.1, 0.15) is 5.56 Å². The van der Waals surface area contributed by atoms with E-state index in [0.717, 1.165) is 21.9 Å². The van der Waals surface area contributed by atoms with Gasteiger partial charge < -0.3 is 0 Å². The number of nitrogens with zero attached hydrogens (tertiary/aromatic N) is 3. The number of para-hydroxylation sites is 1. The molecule has 4 rings (SSSR count). The van der Waals surface area contributed by atoms with Crippen LogP contribution in [0.3, 0.4) is 0 Å². The molecule has 0 aliphatic heterocycles. The van der Waals surface area contributed by atoms with Crippen LogP contribution < -0.4 is 4.80 Å². The van der Waals surface area contributed by atoms with E-state index in [-0.39, 0.29) is 0 Å². The first-order valence-electron chi connectivity index (χ1n) is 8.16. The molecule has 0 spiro atoms. The lowest BCUT2D eigenvalue weighted by Gasteiger charge is -2.05. The van der Waals surface area contributed by atoms with E-state index in [1.54, 1.807) is 11.5 Å². The fourth-order valence-corrected chi connectivity index (χ4v) is 3.47. The van der Waals surface area contributed by atoms with Gasteiger partial charge in [-0.05, 0) is 29.2 Å². The Labute approximate surface area is 150 Å². The van der Waals surface area contributed by atoms with Crippen molar-refractivity contribution in [2.45, 2.75) is 6.54 Å². The van der Waals surface area contributed by atoms with Gasteiger partial charge in [0.1, 0.15) is 0 Å². The van der Waals surface area contributed by atoms with E-state index in [0.29, 0.717) is 6.54 Å². The SMILES string of the molecule is c1ccc(CN=c2nc(-c3ccccc3)n(-c3ccccc3)s2)cc1. The maximum absolute atomic E-state index is 4.79. The van der Waals surface area contributed by atoms with Crippen molar-refractivity contribution in [1.29, 1.82) is 0 Å². The molecule has 0 aliphatic carbocycles. The molecule has 0 bridgehead atoms. The van der Waals surface area contributed by atoms with Crippen LogP contribution >= 0.6 is 11.5 Å². The summed E-state index contributed by atoms with van der Waals surface area (Å²) in [6.45, 7) is 0.636. The van der Waals surface area contributed by atoms with Crippen molar-refractivity contribution < 1.29 is 0 Å². The Bertz CT molecular complexity index is 943. The molecule has 0 atom stereocenters. The average Bonchev–Trinajstić information content (AvgIpc) is 3.13. The molecular weight excluding hydrogens is 326 g/mol. The minimum atomic E-state index is 0.636. The minimum absolute atomic E-state index is 0.636. The second kappa shape index (κ2) is 7.28. The maximum atomic E-state index is 4.79. The summed E-state index contributed by atoms with van der Waals surface area (Å²) in [5.41, 5.74) is 3.37. The summed E-state index contributed by atoms with van der Waals surface area (Å²) in [6, 6.07) is 30.8. The molecule has 1 heterocycles. The van der Waals surface area contributed by atoms with Gasteiger partial charge in [-0.1, -0.05) is 78.9 Å². The van der Waals surface area contributed by atoms with Gasteiger partial charge in [-0.25, -0.2) is 3.96 Å². The van der Waals surface area contributed by atoms with E-state index in [1.165, 1.54) is 5.56 Å². The Morgan fingerprint density at radius 1 is 0.760 bits per heavy atom. The van der Waals surface area contributed by atoms with Crippen molar-refractivity contribution in [3.8, 4) is 17.1 Å². The number of benzene rings is 3. The predicted octanol–water partition coefficient (Wildman–Crippen LogP) is 4.70. The van der Waals surface area contributed by atoms with E-state index in [9.17, 15) is 0 Å². The number of hydrogen-bond acceptors (Lipinski definition) is 3. The van der Waals surface area contributed by atoms with Gasteiger partial charge in [-0.2, -0.15) is 4.98 Å². The summed E-state index contributed by atoms with van der Waals surface area (Å²) < 4.78 is 2.14. The van der Waals surface area contributed by atoms with E-state index in [2.05, 4.69) is 40.4 Å². The lowest BCUT2D eigenvalue weighted by atomic mass is 10.2. The lowest BCUT2D eigenvalue weighted by Crippen LogP contribution is -1.99. The summed E-state index contributed by atoms with van der Waals surface area (Å²) in [5.74, 6) is 0.920. The molecule has 3 aromatic carbocycles. The second-order valence-electron chi connectivity index (χ2n) is 5.61. The smallest absolute Gasteiger partial charge is 0.223 e. The molecule has 4 heteroatoms. The fourth-order valence-electron chi connectivity index (χ4n) is 2.60. The Hall–Kier alpha value is -2.98. The molecule has 3 nitrogen and oxygen atoms in total. The lowest BCUT2D eigenvalue weighted by molar-refractivity contribution is 0.991. The second-order valence-corrected chi connectivity index (χ2v) is 6.52. The molecule has 25 heavy (non-hydrogen) atoms. The molecule has 0 saturated heterocycles. The van der Waals surface area contributed by atoms with Gasteiger partial charge in [0.05, 0.1) is 12.2 Å². The molecule has 0 N–H and O–H groups in total. The highest BCUT2D eigenvalue weighted by Crippen LogP contribution is 2.21. The normalized spacial score (nSPS) is 11.6. The van der Waals surface area contributed by atoms with Gasteiger partial charge in [0, 0.05) is 5.56 Å². The van der Waals surface area contributed by atoms with Crippen molar-refractivity contribution in [2.24, 2.45) is 4.99 Å². The predicted molar refractivity (Wildman–Crippen MR) is 103 cm³/mol. The van der Waals surface area contributed by atoms with Gasteiger partial charge in [-0.15, -0.1) is 0 Å². The maximum Gasteiger partial charge on any atom is 0.223 e. The molecule has 122 valence electrons. The Morgan fingerprint density at radius 2 is 1.36 bits per heavy atom. The first kappa shape index (κ1) is 15.5. The quantitative estimate of drug-likeness (QED) is 0.528. The summed E-state index contributed by atoms with van der Waals surface area (Å²) in [4.78, 5) is 10.3. The van der Waals surface area contributed by atoms with Crippen LogP contribution in [0.25, 0.3) is 17.1 Å². The zero-order chi connectivity index (χ0) is 16.9. The minimum Gasteiger partial charge on any atom is -0.251 e. The Kier molecular flexibility index (Phi) is 4.53. The molecule has 0 amide bonds. The van der Waals surface area contributed by atoms with Crippen molar-refractivity contribution >= 4 is 11.5 Å². The highest BCUT2D eigenvalue weighted by molar-refractivity contribution is 7.04. The molecule has 0 aliphatic rings. The Balaban J connectivity index is 1.78. The highest BCUT2D eigenvalue weighted by atomic mass is 32.1. The molecular formula is C21H17N3S. The molecule has 0 saturated carbocycles. The number of hydrogen-bond donors (Lipinski definition) is 0. The standard InChI is InChI=1S/C21H17N3S/c1-4-10-17(11-5-1)16-22-21-23-20(18-12-6-2-7-13-18)24(25-21)19-14-8-3-9-15-19/h1-15H,16H2. The first-order valence-corrected chi connectivity index (χ1v) is 8.93. The van der Waals surface area contributed by atoms with Crippen LogP contribution in [0, 0.1) is 0 Å². The molecule has 0 unspecified atom stereocenters. The highest BCUT2D eigenvalue weighted by Gasteiger charge is 2.10. The average molecular weight is 343 g/mol. The third-order valence-corrected chi connectivity index (χ3v) is 4.78. The third-order valence-electron chi connectivity index (χ3n) is 3.83. The van der Waals surface area contributed by atoms with Crippen molar-refractivity contribution in [3.05, 3.63) is 101 Å². The van der Waals surface area contributed by atoms with Gasteiger partial charge in [0.2, 0.25) is 4.80 Å². The van der Waals surface area contributed by atoms with Crippen LogP contribution in [-0.4, -0.2) is 8.94 Å². The van der Waals surface area contributed by atoms with Crippen LogP contribution in [0.2, 0.25) is 0 Å². The van der Waals surface area contributed by atoms with Gasteiger partial charge in [-0.3, -0.25) is 4.99 Å². The van der Waals surface area contributed by atoms with Crippen LogP contribution in [0.5, 0.6) is 0 Å². The summed E-state index contributed by atoms with van der Waals surface area (Å²) in [6.07, 6.45) is 0. The van der Waals surface area contributed by atoms with Crippen LogP contribution in [-0.2, 0) is 6.54 Å². The topological polar surface area (TPSA) is 30.2 Å². The zero-order valence-corrected chi connectivity index (χ0v) is 14.4. The Morgan fingerprint density at radius 3 is 2.04 bits per heavy atom. The monoisotopic (exact) mass is 343 g/mol. The van der Waals surface area contributed by atoms with E-state index >= 15 is 0 Å². The van der Waals surface area contributed by atoms with Crippen molar-refractivity contribution in [2.75, 3.05) is 0 Å². The summed E-state index contributed by atoms with van der Waals surface area (Å²) in [7, 11) is 0. The molecule has 0 radical (unpaired) electrons. The van der Waals surface area contributed by atoms with Gasteiger partial charge in [0.15, 0.2) is 5.82 Å². The van der Waals surface area contributed by atoms with Gasteiger partial charge in [0.25, 0.3) is 0 Å². The molecule has 1 aromatic heterocycles. The van der Waals surface area contributed by atoms with E-state index in [4.69, 9.17) is 9.98 Å². The van der Waals surface area contributed by atoms with Crippen molar-refractivity contribution in [3.63, 3.8) is 0 Å². The fraction of sp³-hybridized carbons (Fsp3) is 0.0476. The summed E-state index contributed by atoms with van der Waals surface area (Å²) in [5, 5.41) is 0. The van der Waals surface area contributed by atoms with Crippen LogP contribution in [0.4, 0.5) is 0 Å². The number of aromatic nitrogens is 2. The third kappa shape index (κ3) is 3.59. The number of rotatable bonds is 4. The zero-order valence-electron chi connectivity index (χ0n) is 13.6. The van der Waals surface area contributed by atoms with Crippen molar-refractivity contribution in [1.82, 2.24) is 8.94 Å². The van der Waals surface area contributed by atoms with Gasteiger partial charge >= 0.3 is 0 Å². The van der Waals surface area contributed by atoms with E-state index < -0.39 is 0 Å². The van der Waals surface area contributed by atoms with Crippen LogP contribution in [0.15, 0.2) is 96.0 Å². The largest absolute Gasteiger partial charge is 0.251 e. The molecule has 4 aromatic rings. The molecule has 0 fully saturated rings. The van der Waals surface area contributed by atoms with E-state index in [1.807, 2.05) is 54.6 Å². The summed E-state index contributed by atoms with van der Waals surface area (Å²) >= 11 is 1.57.